The Hall–Kier alpha value is -2.12. The van der Waals surface area contributed by atoms with Gasteiger partial charge in [-0.3, -0.25) is 20.2 Å². The predicted molar refractivity (Wildman–Crippen MR) is 35.5 cm³/mol. The first-order valence-electron chi connectivity index (χ1n) is 2.64. The number of hydrogen-bond acceptors (Lipinski definition) is 4. The second-order valence-electron chi connectivity index (χ2n) is 1.64. The quantitative estimate of drug-likeness (QED) is 0.298. The minimum absolute atomic E-state index is 1.15. The van der Waals surface area contributed by atoms with Crippen LogP contribution in [0.2, 0.25) is 0 Å². The van der Waals surface area contributed by atoms with Crippen LogP contribution in [0.5, 0.6) is 0 Å². The van der Waals surface area contributed by atoms with Gasteiger partial charge in [-0.05, 0) is 0 Å². The van der Waals surface area contributed by atoms with Crippen molar-refractivity contribution in [2.75, 3.05) is 0 Å². The molecule has 6 N–H and O–H groups in total. The van der Waals surface area contributed by atoms with Crippen LogP contribution in [0.25, 0.3) is 0 Å². The fourth-order valence-corrected chi connectivity index (χ4v) is 0.308. The van der Waals surface area contributed by atoms with Crippen molar-refractivity contribution in [3.05, 3.63) is 0 Å². The highest BCUT2D eigenvalue weighted by atomic mass is 16.2. The molecule has 0 aliphatic rings. The van der Waals surface area contributed by atoms with E-state index in [1.165, 1.54) is 10.6 Å². The first-order valence-corrected chi connectivity index (χ1v) is 2.64. The van der Waals surface area contributed by atoms with Crippen LogP contribution in [0.4, 0.5) is 9.59 Å². The van der Waals surface area contributed by atoms with Crippen molar-refractivity contribution < 1.29 is 19.2 Å². The van der Waals surface area contributed by atoms with E-state index in [-0.39, 0.29) is 0 Å². The summed E-state index contributed by atoms with van der Waals surface area (Å²) >= 11 is 0. The predicted octanol–water partition coefficient (Wildman–Crippen LogP) is -2.62. The first-order chi connectivity index (χ1) is 5.43. The highest BCUT2D eigenvalue weighted by Gasteiger charge is 2.13. The van der Waals surface area contributed by atoms with Crippen LogP contribution in [0.15, 0.2) is 0 Å². The Balaban J connectivity index is 3.94. The number of imide groups is 2. The Morgan fingerprint density at radius 1 is 0.917 bits per heavy atom. The molecule has 0 aromatic carbocycles. The lowest BCUT2D eigenvalue weighted by molar-refractivity contribution is -0.136. The molecule has 66 valence electrons. The van der Waals surface area contributed by atoms with Gasteiger partial charge >= 0.3 is 23.9 Å². The fraction of sp³-hybridized carbons (Fsp3) is 0. The van der Waals surface area contributed by atoms with Crippen LogP contribution in [0.1, 0.15) is 0 Å². The van der Waals surface area contributed by atoms with Gasteiger partial charge in [0.1, 0.15) is 0 Å². The molecule has 0 heterocycles. The minimum atomic E-state index is -1.34. The normalized spacial score (nSPS) is 8.33. The Labute approximate surface area is 66.3 Å². The minimum Gasteiger partial charge on any atom is -0.361 e. The van der Waals surface area contributed by atoms with Crippen LogP contribution < -0.4 is 22.1 Å². The van der Waals surface area contributed by atoms with Gasteiger partial charge in [0.2, 0.25) is 0 Å². The molecule has 0 aliphatic heterocycles. The van der Waals surface area contributed by atoms with Crippen LogP contribution in [-0.4, -0.2) is 23.9 Å². The van der Waals surface area contributed by atoms with Gasteiger partial charge in [0.05, 0.1) is 0 Å². The Bertz CT molecular complexity index is 247. The highest BCUT2D eigenvalue weighted by Crippen LogP contribution is 1.66. The van der Waals surface area contributed by atoms with E-state index in [0.717, 1.165) is 0 Å². The highest BCUT2D eigenvalue weighted by molar-refractivity contribution is 6.37. The van der Waals surface area contributed by atoms with E-state index in [2.05, 4.69) is 11.5 Å². The summed E-state index contributed by atoms with van der Waals surface area (Å²) in [6, 6.07) is -2.35. The largest absolute Gasteiger partial charge is 0.361 e. The van der Waals surface area contributed by atoms with Gasteiger partial charge in [0, 0.05) is 0 Å². The summed E-state index contributed by atoms with van der Waals surface area (Å²) < 4.78 is 0. The maximum absolute atomic E-state index is 10.4. The van der Waals surface area contributed by atoms with Gasteiger partial charge in [-0.15, -0.1) is 0 Å². The maximum Gasteiger partial charge on any atom is 0.329 e. The smallest absolute Gasteiger partial charge is 0.329 e. The molecule has 0 atom stereocenters. The second-order valence-corrected chi connectivity index (χ2v) is 1.64. The van der Waals surface area contributed by atoms with Crippen molar-refractivity contribution >= 4 is 23.9 Å². The van der Waals surface area contributed by atoms with Gasteiger partial charge in [0.15, 0.2) is 0 Å². The van der Waals surface area contributed by atoms with Crippen LogP contribution in [-0.2, 0) is 9.59 Å². The zero-order chi connectivity index (χ0) is 9.72. The summed E-state index contributed by atoms with van der Waals surface area (Å²) in [7, 11) is 0. The number of nitrogens with one attached hydrogen (secondary N) is 2. The molecule has 8 nitrogen and oxygen atoms in total. The lowest BCUT2D eigenvalue weighted by Gasteiger charge is -1.99. The average molecular weight is 174 g/mol. The van der Waals surface area contributed by atoms with Crippen molar-refractivity contribution in [3.63, 3.8) is 0 Å². The van der Waals surface area contributed by atoms with E-state index < -0.39 is 23.9 Å². The van der Waals surface area contributed by atoms with Crippen molar-refractivity contribution in [3.8, 4) is 0 Å². The molecular formula is C4H6N4O4. The van der Waals surface area contributed by atoms with Gasteiger partial charge in [-0.25, -0.2) is 9.59 Å². The molecule has 0 bridgehead atoms. The molecule has 0 aromatic rings. The van der Waals surface area contributed by atoms with Crippen molar-refractivity contribution in [2.45, 2.75) is 0 Å². The van der Waals surface area contributed by atoms with Crippen molar-refractivity contribution in [1.82, 2.24) is 10.6 Å². The molecular weight excluding hydrogens is 168 g/mol. The average Bonchev–Trinajstić information content (AvgIpc) is 1.84. The molecule has 8 heteroatoms. The third-order valence-electron chi connectivity index (χ3n) is 0.688. The molecule has 0 aromatic heterocycles. The lowest BCUT2D eigenvalue weighted by atomic mass is 10.6. The maximum atomic E-state index is 10.4. The number of urea groups is 2. The van der Waals surface area contributed by atoms with Gasteiger partial charge in [0.25, 0.3) is 0 Å². The third-order valence-corrected chi connectivity index (χ3v) is 0.688. The summed E-state index contributed by atoms with van der Waals surface area (Å²) in [5.74, 6) is -2.66. The third kappa shape index (κ3) is 3.82. The summed E-state index contributed by atoms with van der Waals surface area (Å²) in [5.41, 5.74) is 8.97. The molecule has 0 radical (unpaired) electrons. The Morgan fingerprint density at radius 2 is 1.42 bits per heavy atom. The van der Waals surface area contributed by atoms with Crippen molar-refractivity contribution in [1.29, 1.82) is 0 Å². The number of hydrogen-bond donors (Lipinski definition) is 4. The monoisotopic (exact) mass is 174 g/mol. The lowest BCUT2D eigenvalue weighted by Crippen LogP contribution is -2.48. The zero-order valence-corrected chi connectivity index (χ0v) is 5.79. The van der Waals surface area contributed by atoms with E-state index in [4.69, 9.17) is 0 Å². The first kappa shape index (κ1) is 9.88. The Kier molecular flexibility index (Phi) is 3.22. The standard InChI is InChI=1S/C4H6N4O4/c5-1(9)2(10)7-4(12)8-3(6)11/h(H2,5,9)(H4,6,7,8,10,11,12). The number of carbonyl (C=O) groups excluding carboxylic acids is 4. The number of nitrogens with two attached hydrogens (primary N) is 2. The molecule has 0 unspecified atom stereocenters. The number of primary amides is 2. The van der Waals surface area contributed by atoms with E-state index in [1.807, 2.05) is 0 Å². The second kappa shape index (κ2) is 3.91. The molecule has 0 aliphatic carbocycles. The molecule has 0 rings (SSSR count). The van der Waals surface area contributed by atoms with Gasteiger partial charge < -0.3 is 11.5 Å². The van der Waals surface area contributed by atoms with E-state index in [9.17, 15) is 19.2 Å². The molecule has 0 spiro atoms. The Morgan fingerprint density at radius 3 is 1.75 bits per heavy atom. The van der Waals surface area contributed by atoms with E-state index in [1.54, 1.807) is 0 Å². The van der Waals surface area contributed by atoms with Crippen LogP contribution in [0.3, 0.4) is 0 Å². The van der Waals surface area contributed by atoms with Crippen molar-refractivity contribution in [2.24, 2.45) is 11.5 Å². The molecule has 0 saturated carbocycles. The summed E-state index contributed by atoms with van der Waals surface area (Å²) in [6.07, 6.45) is 0. The van der Waals surface area contributed by atoms with Crippen LogP contribution in [0, 0.1) is 0 Å². The fourth-order valence-electron chi connectivity index (χ4n) is 0.308. The number of carbonyl (C=O) groups is 4. The summed E-state index contributed by atoms with van der Waals surface area (Å²) in [5, 5.41) is 2.94. The topological polar surface area (TPSA) is 144 Å². The molecule has 6 amide bonds. The van der Waals surface area contributed by atoms with E-state index >= 15 is 0 Å². The molecule has 12 heavy (non-hydrogen) atoms. The number of rotatable bonds is 0. The summed E-state index contributed by atoms with van der Waals surface area (Å²) in [6.45, 7) is 0. The zero-order valence-electron chi connectivity index (χ0n) is 5.79. The van der Waals surface area contributed by atoms with Gasteiger partial charge in [-0.2, -0.15) is 0 Å². The number of amides is 6. The summed E-state index contributed by atoms with van der Waals surface area (Å²) in [4.78, 5) is 40.8. The van der Waals surface area contributed by atoms with Crippen LogP contribution >= 0.6 is 0 Å². The SMILES string of the molecule is NC(=O)NC(=O)NC(=O)C(N)=O. The molecule has 0 fully saturated rings. The molecule has 0 saturated heterocycles. The van der Waals surface area contributed by atoms with Gasteiger partial charge in [-0.1, -0.05) is 0 Å². The van der Waals surface area contributed by atoms with E-state index in [0.29, 0.717) is 0 Å².